The molecule has 1 saturated carbocycles. The summed E-state index contributed by atoms with van der Waals surface area (Å²) in [6.45, 7) is 6.23. The van der Waals surface area contributed by atoms with E-state index in [1.807, 2.05) is 11.8 Å². The fourth-order valence-corrected chi connectivity index (χ4v) is 6.14. The summed E-state index contributed by atoms with van der Waals surface area (Å²) >= 11 is 3.35. The highest BCUT2D eigenvalue weighted by molar-refractivity contribution is 7.99. The minimum Gasteiger partial charge on any atom is -0.302 e. The van der Waals surface area contributed by atoms with Crippen molar-refractivity contribution in [2.45, 2.75) is 37.1 Å². The Kier molecular flexibility index (Phi) is 4.60. The van der Waals surface area contributed by atoms with Crippen molar-refractivity contribution in [2.75, 3.05) is 25.4 Å². The maximum Gasteiger partial charge on any atom is 0.134 e. The molecule has 6 heteroatoms. The molecular formula is C14H22ClN3S2. The monoisotopic (exact) mass is 331 g/mol. The molecule has 4 aliphatic rings. The molecule has 0 spiro atoms. The van der Waals surface area contributed by atoms with Crippen molar-refractivity contribution >= 4 is 35.9 Å². The van der Waals surface area contributed by atoms with E-state index >= 15 is 0 Å². The highest BCUT2D eigenvalue weighted by Crippen LogP contribution is 2.52. The van der Waals surface area contributed by atoms with E-state index in [9.17, 15) is 0 Å². The number of nitrogens with zero attached hydrogens (tertiary/aromatic N) is 3. The molecule has 4 heterocycles. The SMILES string of the molecule is CCCSc1nsnc1C1C2CC3CC1CN(C3)C2.Cl. The van der Waals surface area contributed by atoms with Gasteiger partial charge in [0.25, 0.3) is 0 Å². The predicted molar refractivity (Wildman–Crippen MR) is 87.1 cm³/mol. The van der Waals surface area contributed by atoms with Gasteiger partial charge in [-0.1, -0.05) is 6.92 Å². The second kappa shape index (κ2) is 6.11. The Morgan fingerprint density at radius 3 is 2.60 bits per heavy atom. The van der Waals surface area contributed by atoms with E-state index in [2.05, 4.69) is 16.2 Å². The molecule has 1 aromatic rings. The van der Waals surface area contributed by atoms with Gasteiger partial charge in [-0.2, -0.15) is 8.75 Å². The van der Waals surface area contributed by atoms with Crippen molar-refractivity contribution in [3.05, 3.63) is 5.69 Å². The first-order valence-corrected chi connectivity index (χ1v) is 9.24. The highest BCUT2D eigenvalue weighted by atomic mass is 35.5. The number of rotatable bonds is 4. The lowest BCUT2D eigenvalue weighted by molar-refractivity contribution is -0.0373. The second-order valence-corrected chi connectivity index (χ2v) is 8.02. The number of thioether (sulfide) groups is 1. The zero-order valence-electron chi connectivity index (χ0n) is 11.8. The third kappa shape index (κ3) is 2.51. The van der Waals surface area contributed by atoms with Crippen LogP contribution in [-0.2, 0) is 0 Å². The topological polar surface area (TPSA) is 29.0 Å². The molecule has 1 aliphatic carbocycles. The van der Waals surface area contributed by atoms with Crippen LogP contribution in [0.15, 0.2) is 5.03 Å². The van der Waals surface area contributed by atoms with Crippen LogP contribution in [0.25, 0.3) is 0 Å². The molecule has 5 rings (SSSR count). The van der Waals surface area contributed by atoms with Crippen LogP contribution in [0.5, 0.6) is 0 Å². The van der Waals surface area contributed by atoms with Gasteiger partial charge in [0.1, 0.15) is 5.03 Å². The van der Waals surface area contributed by atoms with Crippen molar-refractivity contribution in [3.8, 4) is 0 Å². The first kappa shape index (κ1) is 15.1. The quantitative estimate of drug-likeness (QED) is 0.789. The van der Waals surface area contributed by atoms with Crippen molar-refractivity contribution in [3.63, 3.8) is 0 Å². The lowest BCUT2D eigenvalue weighted by atomic mass is 9.61. The minimum atomic E-state index is 0. The normalized spacial score (nSPS) is 38.0. The van der Waals surface area contributed by atoms with E-state index in [0.29, 0.717) is 5.92 Å². The van der Waals surface area contributed by atoms with Crippen molar-refractivity contribution < 1.29 is 0 Å². The van der Waals surface area contributed by atoms with Gasteiger partial charge in [-0.3, -0.25) is 0 Å². The summed E-state index contributed by atoms with van der Waals surface area (Å²) in [5.41, 5.74) is 1.36. The molecule has 3 saturated heterocycles. The third-order valence-electron chi connectivity index (χ3n) is 5.03. The number of halogens is 1. The van der Waals surface area contributed by atoms with E-state index in [0.717, 1.165) is 17.8 Å². The van der Waals surface area contributed by atoms with Crippen LogP contribution in [0.2, 0.25) is 0 Å². The van der Waals surface area contributed by atoms with Gasteiger partial charge in [-0.05, 0) is 42.8 Å². The first-order valence-electron chi connectivity index (χ1n) is 7.52. The zero-order chi connectivity index (χ0) is 12.8. The number of hydrogen-bond donors (Lipinski definition) is 0. The average Bonchev–Trinajstić information content (AvgIpc) is 2.83. The van der Waals surface area contributed by atoms with Crippen LogP contribution in [0.4, 0.5) is 0 Å². The van der Waals surface area contributed by atoms with E-state index in [1.54, 1.807) is 0 Å². The molecular weight excluding hydrogens is 310 g/mol. The van der Waals surface area contributed by atoms with E-state index in [-0.39, 0.29) is 12.4 Å². The van der Waals surface area contributed by atoms with E-state index in [1.165, 1.54) is 67.1 Å². The Morgan fingerprint density at radius 2 is 1.95 bits per heavy atom. The predicted octanol–water partition coefficient (Wildman–Crippen LogP) is 3.52. The van der Waals surface area contributed by atoms with Gasteiger partial charge >= 0.3 is 0 Å². The first-order chi connectivity index (χ1) is 9.35. The molecule has 112 valence electrons. The molecule has 0 radical (unpaired) electrons. The molecule has 3 nitrogen and oxygen atoms in total. The standard InChI is InChI=1S/C14H21N3S2.ClH/c1-2-3-18-14-13(15-19-16-14)12-10-4-9-5-11(12)8-17(6-9)7-10;/h9-12H,2-8H2,1H3;1H. The fourth-order valence-electron chi connectivity index (χ4n) is 4.54. The van der Waals surface area contributed by atoms with Crippen molar-refractivity contribution in [1.29, 1.82) is 0 Å². The maximum absolute atomic E-state index is 4.71. The molecule has 0 amide bonds. The average molecular weight is 332 g/mol. The largest absolute Gasteiger partial charge is 0.302 e. The molecule has 1 aromatic heterocycles. The summed E-state index contributed by atoms with van der Waals surface area (Å²) in [5, 5.41) is 1.25. The molecule has 0 aromatic carbocycles. The van der Waals surface area contributed by atoms with Crippen LogP contribution in [0, 0.1) is 17.8 Å². The van der Waals surface area contributed by atoms with Gasteiger partial charge in [0.15, 0.2) is 0 Å². The molecule has 20 heavy (non-hydrogen) atoms. The fraction of sp³-hybridized carbons (Fsp3) is 0.857. The van der Waals surface area contributed by atoms with Crippen LogP contribution in [-0.4, -0.2) is 39.0 Å². The summed E-state index contributed by atoms with van der Waals surface area (Å²) < 4.78 is 9.27. The molecule has 4 bridgehead atoms. The smallest absolute Gasteiger partial charge is 0.134 e. The van der Waals surface area contributed by atoms with Crippen LogP contribution >= 0.6 is 35.9 Å². The van der Waals surface area contributed by atoms with Gasteiger partial charge in [0, 0.05) is 25.6 Å². The van der Waals surface area contributed by atoms with Gasteiger partial charge in [-0.15, -0.1) is 24.2 Å². The van der Waals surface area contributed by atoms with Gasteiger partial charge in [-0.25, -0.2) is 0 Å². The van der Waals surface area contributed by atoms with Gasteiger partial charge in [0.05, 0.1) is 17.4 Å². The van der Waals surface area contributed by atoms with Crippen LogP contribution in [0.1, 0.15) is 37.8 Å². The number of piperidine rings is 3. The van der Waals surface area contributed by atoms with E-state index in [4.69, 9.17) is 4.37 Å². The summed E-state index contributed by atoms with van der Waals surface area (Å²) in [6.07, 6.45) is 4.09. The lowest BCUT2D eigenvalue weighted by Crippen LogP contribution is -2.56. The van der Waals surface area contributed by atoms with Gasteiger partial charge < -0.3 is 4.90 Å². The van der Waals surface area contributed by atoms with Crippen LogP contribution in [0.3, 0.4) is 0 Å². The highest BCUT2D eigenvalue weighted by Gasteiger charge is 2.49. The lowest BCUT2D eigenvalue weighted by Gasteiger charge is -2.55. The Hall–Kier alpha value is 0.160. The zero-order valence-corrected chi connectivity index (χ0v) is 14.3. The Balaban J connectivity index is 0.00000121. The summed E-state index contributed by atoms with van der Waals surface area (Å²) in [4.78, 5) is 2.70. The van der Waals surface area contributed by atoms with Crippen LogP contribution < -0.4 is 0 Å². The second-order valence-electron chi connectivity index (χ2n) is 6.40. The van der Waals surface area contributed by atoms with Crippen molar-refractivity contribution in [2.24, 2.45) is 17.8 Å². The summed E-state index contributed by atoms with van der Waals surface area (Å²) in [7, 11) is 0. The molecule has 2 atom stereocenters. The maximum atomic E-state index is 4.71. The van der Waals surface area contributed by atoms with Crippen molar-refractivity contribution in [1.82, 2.24) is 13.6 Å². The summed E-state index contributed by atoms with van der Waals surface area (Å²) in [6, 6.07) is 0. The van der Waals surface area contributed by atoms with E-state index < -0.39 is 0 Å². The molecule has 4 fully saturated rings. The number of aromatic nitrogens is 2. The third-order valence-corrected chi connectivity index (χ3v) is 6.87. The van der Waals surface area contributed by atoms with Gasteiger partial charge in [0.2, 0.25) is 0 Å². The summed E-state index contributed by atoms with van der Waals surface area (Å²) in [5.74, 6) is 4.58. The molecule has 3 aliphatic heterocycles. The molecule has 2 unspecified atom stereocenters. The molecule has 0 N–H and O–H groups in total. The minimum absolute atomic E-state index is 0. The number of hydrogen-bond acceptors (Lipinski definition) is 5. The Bertz CT molecular complexity index is 437. The Labute approximate surface area is 135 Å². The Morgan fingerprint density at radius 1 is 1.20 bits per heavy atom.